The van der Waals surface area contributed by atoms with Gasteiger partial charge in [-0.05, 0) is 18.9 Å². The van der Waals surface area contributed by atoms with Crippen molar-refractivity contribution in [2.45, 2.75) is 38.8 Å². The highest BCUT2D eigenvalue weighted by Crippen LogP contribution is 2.06. The third-order valence-corrected chi connectivity index (χ3v) is 2.72. The maximum Gasteiger partial charge on any atom is 0.303 e. The average molecular weight is 281 g/mol. The molecule has 1 rings (SSSR count). The van der Waals surface area contributed by atoms with Gasteiger partial charge in [-0.25, -0.2) is 0 Å². The zero-order valence-electron chi connectivity index (χ0n) is 11.3. The van der Waals surface area contributed by atoms with Gasteiger partial charge in [-0.15, -0.1) is 0 Å². The molecular weight excluding hydrogens is 262 g/mol. The minimum absolute atomic E-state index is 0.0652. The van der Waals surface area contributed by atoms with E-state index in [1.807, 2.05) is 6.92 Å². The van der Waals surface area contributed by atoms with E-state index in [1.54, 1.807) is 6.20 Å². The van der Waals surface area contributed by atoms with Crippen LogP contribution in [0.25, 0.3) is 0 Å². The van der Waals surface area contributed by atoms with Crippen LogP contribution in [0, 0.1) is 0 Å². The summed E-state index contributed by atoms with van der Waals surface area (Å²) < 4.78 is 1.50. The first-order chi connectivity index (χ1) is 9.43. The molecule has 110 valence electrons. The Balaban J connectivity index is 2.68. The van der Waals surface area contributed by atoms with Crippen LogP contribution in [0.4, 0.5) is 5.69 Å². The van der Waals surface area contributed by atoms with E-state index in [-0.39, 0.29) is 18.4 Å². The second-order valence-electron chi connectivity index (χ2n) is 4.48. The number of carbonyl (C=O) groups excluding carboxylic acids is 1. The number of aromatic nitrogens is 1. The summed E-state index contributed by atoms with van der Waals surface area (Å²) in [5.41, 5.74) is 5.92. The molecule has 0 aliphatic heterocycles. The molecule has 0 fully saturated rings. The summed E-state index contributed by atoms with van der Waals surface area (Å²) in [6.45, 7) is 2.51. The molecule has 0 aromatic carbocycles. The number of hydrogen-bond donors (Lipinski definition) is 3. The molecule has 1 aromatic rings. The van der Waals surface area contributed by atoms with Gasteiger partial charge in [0.25, 0.3) is 5.56 Å². The van der Waals surface area contributed by atoms with Crippen molar-refractivity contribution in [2.75, 3.05) is 5.32 Å². The van der Waals surface area contributed by atoms with E-state index in [0.29, 0.717) is 12.2 Å². The Morgan fingerprint density at radius 1 is 1.45 bits per heavy atom. The standard InChI is InChI=1S/C13H19N3O4/c1-2-7-16-8-9(3-5-11(16)17)15-13(20)10(14)4-6-12(18)19/h3,5,8,10H,2,4,6-7,14H2,1H3,(H,15,20)(H,18,19). The number of carboxylic acid groups (broad SMARTS) is 1. The molecule has 1 heterocycles. The summed E-state index contributed by atoms with van der Waals surface area (Å²) in [5.74, 6) is -1.46. The van der Waals surface area contributed by atoms with Crippen LogP contribution in [-0.2, 0) is 16.1 Å². The number of aryl methyl sites for hydroxylation is 1. The second-order valence-corrected chi connectivity index (χ2v) is 4.48. The number of carboxylic acids is 1. The molecule has 0 aliphatic carbocycles. The monoisotopic (exact) mass is 281 g/mol. The molecule has 0 radical (unpaired) electrons. The van der Waals surface area contributed by atoms with E-state index in [4.69, 9.17) is 10.8 Å². The maximum atomic E-state index is 11.8. The Labute approximate surface area is 116 Å². The molecule has 7 heteroatoms. The van der Waals surface area contributed by atoms with E-state index in [0.717, 1.165) is 6.42 Å². The van der Waals surface area contributed by atoms with Gasteiger partial charge in [0, 0.05) is 25.2 Å². The molecule has 1 aromatic heterocycles. The van der Waals surface area contributed by atoms with Gasteiger partial charge < -0.3 is 20.7 Å². The van der Waals surface area contributed by atoms with Crippen LogP contribution in [0.1, 0.15) is 26.2 Å². The van der Waals surface area contributed by atoms with Gasteiger partial charge in [-0.1, -0.05) is 6.92 Å². The second kappa shape index (κ2) is 7.44. The Morgan fingerprint density at radius 2 is 2.15 bits per heavy atom. The largest absolute Gasteiger partial charge is 0.481 e. The fraction of sp³-hybridized carbons (Fsp3) is 0.462. The van der Waals surface area contributed by atoms with Crippen molar-refractivity contribution in [2.24, 2.45) is 5.73 Å². The lowest BCUT2D eigenvalue weighted by Crippen LogP contribution is -2.36. The summed E-state index contributed by atoms with van der Waals surface area (Å²) in [7, 11) is 0. The predicted molar refractivity (Wildman–Crippen MR) is 74.5 cm³/mol. The minimum Gasteiger partial charge on any atom is -0.481 e. The highest BCUT2D eigenvalue weighted by atomic mass is 16.4. The van der Waals surface area contributed by atoms with Crippen molar-refractivity contribution < 1.29 is 14.7 Å². The van der Waals surface area contributed by atoms with Crippen molar-refractivity contribution in [3.63, 3.8) is 0 Å². The quantitative estimate of drug-likeness (QED) is 0.668. The molecule has 1 unspecified atom stereocenters. The van der Waals surface area contributed by atoms with Crippen molar-refractivity contribution in [3.8, 4) is 0 Å². The van der Waals surface area contributed by atoms with Crippen LogP contribution in [0.15, 0.2) is 23.1 Å². The van der Waals surface area contributed by atoms with Gasteiger partial charge in [-0.2, -0.15) is 0 Å². The first kappa shape index (κ1) is 15.9. The number of nitrogens with two attached hydrogens (primary N) is 1. The van der Waals surface area contributed by atoms with Crippen molar-refractivity contribution in [1.29, 1.82) is 0 Å². The van der Waals surface area contributed by atoms with E-state index < -0.39 is 17.9 Å². The lowest BCUT2D eigenvalue weighted by atomic mass is 10.1. The van der Waals surface area contributed by atoms with E-state index in [2.05, 4.69) is 5.32 Å². The number of carbonyl (C=O) groups is 2. The number of nitrogens with one attached hydrogen (secondary N) is 1. The predicted octanol–water partition coefficient (Wildman–Crippen LogP) is 0.389. The number of aliphatic carboxylic acids is 1. The Morgan fingerprint density at radius 3 is 2.75 bits per heavy atom. The average Bonchev–Trinajstić information content (AvgIpc) is 2.40. The zero-order chi connectivity index (χ0) is 15.1. The summed E-state index contributed by atoms with van der Waals surface area (Å²) >= 11 is 0. The number of amides is 1. The van der Waals surface area contributed by atoms with Crippen molar-refractivity contribution in [3.05, 3.63) is 28.7 Å². The Bertz CT molecular complexity index is 539. The lowest BCUT2D eigenvalue weighted by Gasteiger charge is -2.12. The number of rotatable bonds is 7. The highest BCUT2D eigenvalue weighted by Gasteiger charge is 2.15. The summed E-state index contributed by atoms with van der Waals surface area (Å²) in [5, 5.41) is 11.1. The molecule has 0 saturated carbocycles. The van der Waals surface area contributed by atoms with E-state index in [9.17, 15) is 14.4 Å². The molecule has 7 nitrogen and oxygen atoms in total. The summed E-state index contributed by atoms with van der Waals surface area (Å²) in [6, 6.07) is 1.97. The maximum absolute atomic E-state index is 11.8. The normalized spacial score (nSPS) is 11.9. The van der Waals surface area contributed by atoms with Crippen LogP contribution < -0.4 is 16.6 Å². The number of nitrogens with zero attached hydrogens (tertiary/aromatic N) is 1. The molecule has 1 amide bonds. The van der Waals surface area contributed by atoms with Gasteiger partial charge in [0.2, 0.25) is 5.91 Å². The highest BCUT2D eigenvalue weighted by molar-refractivity contribution is 5.94. The van der Waals surface area contributed by atoms with Gasteiger partial charge in [0.15, 0.2) is 0 Å². The molecule has 0 spiro atoms. The SMILES string of the molecule is CCCn1cc(NC(=O)C(N)CCC(=O)O)ccc1=O. The molecule has 1 atom stereocenters. The van der Waals surface area contributed by atoms with Crippen molar-refractivity contribution in [1.82, 2.24) is 4.57 Å². The Kier molecular flexibility index (Phi) is 5.92. The molecule has 4 N–H and O–H groups in total. The van der Waals surface area contributed by atoms with E-state index in [1.165, 1.54) is 16.7 Å². The summed E-state index contributed by atoms with van der Waals surface area (Å²) in [4.78, 5) is 33.7. The van der Waals surface area contributed by atoms with E-state index >= 15 is 0 Å². The van der Waals surface area contributed by atoms with Crippen LogP contribution in [0.2, 0.25) is 0 Å². The lowest BCUT2D eigenvalue weighted by molar-refractivity contribution is -0.137. The molecule has 20 heavy (non-hydrogen) atoms. The molecule has 0 bridgehead atoms. The van der Waals surface area contributed by atoms with Gasteiger partial charge in [0.1, 0.15) is 0 Å². The van der Waals surface area contributed by atoms with Gasteiger partial charge >= 0.3 is 5.97 Å². The number of hydrogen-bond acceptors (Lipinski definition) is 4. The van der Waals surface area contributed by atoms with Crippen LogP contribution in [-0.4, -0.2) is 27.6 Å². The topological polar surface area (TPSA) is 114 Å². The number of anilines is 1. The Hall–Kier alpha value is -2.15. The fourth-order valence-electron chi connectivity index (χ4n) is 1.67. The summed E-state index contributed by atoms with van der Waals surface area (Å²) in [6.07, 6.45) is 2.25. The number of pyridine rings is 1. The van der Waals surface area contributed by atoms with Gasteiger partial charge in [0.05, 0.1) is 11.7 Å². The zero-order valence-corrected chi connectivity index (χ0v) is 11.3. The smallest absolute Gasteiger partial charge is 0.303 e. The van der Waals surface area contributed by atoms with Gasteiger partial charge in [-0.3, -0.25) is 14.4 Å². The molecule has 0 saturated heterocycles. The first-order valence-corrected chi connectivity index (χ1v) is 6.42. The third kappa shape index (κ3) is 4.85. The van der Waals surface area contributed by atoms with Crippen LogP contribution in [0.5, 0.6) is 0 Å². The fourth-order valence-corrected chi connectivity index (χ4v) is 1.67. The molecule has 0 aliphatic rings. The van der Waals surface area contributed by atoms with Crippen LogP contribution in [0.3, 0.4) is 0 Å². The molecular formula is C13H19N3O4. The third-order valence-electron chi connectivity index (χ3n) is 2.72. The van der Waals surface area contributed by atoms with Crippen LogP contribution >= 0.6 is 0 Å². The minimum atomic E-state index is -0.996. The first-order valence-electron chi connectivity index (χ1n) is 6.42. The van der Waals surface area contributed by atoms with Crippen molar-refractivity contribution >= 4 is 17.6 Å².